The van der Waals surface area contributed by atoms with E-state index >= 15 is 0 Å². The third-order valence-electron chi connectivity index (χ3n) is 3.26. The molecule has 1 aromatic carbocycles. The van der Waals surface area contributed by atoms with E-state index in [4.69, 9.17) is 10.5 Å². The van der Waals surface area contributed by atoms with Crippen molar-refractivity contribution in [1.29, 1.82) is 0 Å². The van der Waals surface area contributed by atoms with Gasteiger partial charge in [0.25, 0.3) is 0 Å². The lowest BCUT2D eigenvalue weighted by atomic mass is 9.92. The minimum absolute atomic E-state index is 0.385. The Morgan fingerprint density at radius 2 is 2.06 bits per heavy atom. The summed E-state index contributed by atoms with van der Waals surface area (Å²) < 4.78 is 5.63. The Morgan fingerprint density at radius 1 is 1.24 bits per heavy atom. The zero-order valence-corrected chi connectivity index (χ0v) is 10.3. The molecule has 0 bridgehead atoms. The average molecular weight is 234 g/mol. The molecule has 0 aromatic heterocycles. The first-order valence-corrected chi connectivity index (χ1v) is 6.51. The number of benzene rings is 1. The Morgan fingerprint density at radius 3 is 2.82 bits per heavy atom. The number of para-hydroxylation sites is 1. The van der Waals surface area contributed by atoms with Crippen molar-refractivity contribution in [1.82, 2.24) is 5.32 Å². The van der Waals surface area contributed by atoms with E-state index in [1.807, 2.05) is 30.3 Å². The van der Waals surface area contributed by atoms with E-state index in [9.17, 15) is 0 Å². The molecule has 3 N–H and O–H groups in total. The van der Waals surface area contributed by atoms with E-state index in [2.05, 4.69) is 5.32 Å². The Kier molecular flexibility index (Phi) is 4.83. The molecule has 1 saturated carbocycles. The molecule has 0 saturated heterocycles. The first-order valence-electron chi connectivity index (χ1n) is 6.51. The molecule has 94 valence electrons. The van der Waals surface area contributed by atoms with Crippen molar-refractivity contribution in [2.45, 2.75) is 37.8 Å². The molecule has 17 heavy (non-hydrogen) atoms. The van der Waals surface area contributed by atoms with Gasteiger partial charge in [-0.05, 0) is 31.4 Å². The van der Waals surface area contributed by atoms with Crippen LogP contribution in [0.5, 0.6) is 5.75 Å². The van der Waals surface area contributed by atoms with Gasteiger partial charge in [0.05, 0.1) is 0 Å². The fourth-order valence-corrected chi connectivity index (χ4v) is 2.36. The number of ether oxygens (including phenoxy) is 1. The van der Waals surface area contributed by atoms with E-state index < -0.39 is 0 Å². The van der Waals surface area contributed by atoms with Gasteiger partial charge in [0, 0.05) is 18.6 Å². The molecule has 1 aliphatic rings. The predicted molar refractivity (Wildman–Crippen MR) is 70.2 cm³/mol. The van der Waals surface area contributed by atoms with Gasteiger partial charge in [-0.3, -0.25) is 0 Å². The van der Waals surface area contributed by atoms with Crippen LogP contribution in [0.25, 0.3) is 0 Å². The second-order valence-electron chi connectivity index (χ2n) is 4.74. The van der Waals surface area contributed by atoms with E-state index in [-0.39, 0.29) is 0 Å². The van der Waals surface area contributed by atoms with Gasteiger partial charge in [-0.1, -0.05) is 24.6 Å². The quantitative estimate of drug-likeness (QED) is 0.765. The summed E-state index contributed by atoms with van der Waals surface area (Å²) in [5.41, 5.74) is 5.95. The maximum Gasteiger partial charge on any atom is 0.119 e. The molecular formula is C14H22N2O. The molecule has 0 radical (unpaired) electrons. The molecule has 0 spiro atoms. The number of rotatable bonds is 5. The monoisotopic (exact) mass is 234 g/mol. The lowest BCUT2D eigenvalue weighted by Gasteiger charge is -2.27. The van der Waals surface area contributed by atoms with Crippen LogP contribution in [0.15, 0.2) is 30.3 Å². The van der Waals surface area contributed by atoms with Crippen LogP contribution in [0, 0.1) is 0 Å². The van der Waals surface area contributed by atoms with Gasteiger partial charge in [-0.15, -0.1) is 0 Å². The summed E-state index contributed by atoms with van der Waals surface area (Å²) in [6.45, 7) is 1.61. The Hall–Kier alpha value is -1.06. The summed E-state index contributed by atoms with van der Waals surface area (Å²) in [6.07, 6.45) is 4.78. The molecule has 1 aliphatic carbocycles. The third-order valence-corrected chi connectivity index (χ3v) is 3.26. The first-order chi connectivity index (χ1) is 8.34. The van der Waals surface area contributed by atoms with E-state index in [1.54, 1.807) is 0 Å². The smallest absolute Gasteiger partial charge is 0.119 e. The summed E-state index contributed by atoms with van der Waals surface area (Å²) in [4.78, 5) is 0. The molecule has 2 atom stereocenters. The summed E-state index contributed by atoms with van der Waals surface area (Å²) >= 11 is 0. The van der Waals surface area contributed by atoms with Gasteiger partial charge in [0.2, 0.25) is 0 Å². The zero-order valence-electron chi connectivity index (χ0n) is 10.3. The normalized spacial score (nSPS) is 24.5. The van der Waals surface area contributed by atoms with Crippen LogP contribution in [0.3, 0.4) is 0 Å². The molecule has 1 aromatic rings. The Bertz CT molecular complexity index is 315. The molecule has 3 heteroatoms. The van der Waals surface area contributed by atoms with Gasteiger partial charge in [0.15, 0.2) is 0 Å². The van der Waals surface area contributed by atoms with Crippen LogP contribution in [-0.4, -0.2) is 25.2 Å². The fraction of sp³-hybridized carbons (Fsp3) is 0.571. The maximum atomic E-state index is 5.95. The number of nitrogens with one attached hydrogen (secondary N) is 1. The lowest BCUT2D eigenvalue weighted by Crippen LogP contribution is -2.40. The fourth-order valence-electron chi connectivity index (χ4n) is 2.36. The van der Waals surface area contributed by atoms with Crippen LogP contribution >= 0.6 is 0 Å². The van der Waals surface area contributed by atoms with E-state index in [0.29, 0.717) is 12.1 Å². The molecule has 0 aliphatic heterocycles. The van der Waals surface area contributed by atoms with Crippen molar-refractivity contribution in [3.05, 3.63) is 30.3 Å². The standard InChI is InChI=1S/C14H22N2O/c15-12-5-4-6-13(11-12)16-9-10-17-14-7-2-1-3-8-14/h1-3,7-8,12-13,16H,4-6,9-11,15H2. The molecular weight excluding hydrogens is 212 g/mol. The average Bonchev–Trinajstić information content (AvgIpc) is 2.36. The second kappa shape index (κ2) is 6.62. The third kappa shape index (κ3) is 4.36. The largest absolute Gasteiger partial charge is 0.492 e. The number of nitrogens with two attached hydrogens (primary N) is 1. The SMILES string of the molecule is NC1CCCC(NCCOc2ccccc2)C1. The van der Waals surface area contributed by atoms with Crippen molar-refractivity contribution in [2.24, 2.45) is 5.73 Å². The van der Waals surface area contributed by atoms with Crippen LogP contribution in [0.4, 0.5) is 0 Å². The van der Waals surface area contributed by atoms with Gasteiger partial charge < -0.3 is 15.8 Å². The highest BCUT2D eigenvalue weighted by atomic mass is 16.5. The molecule has 3 nitrogen and oxygen atoms in total. The van der Waals surface area contributed by atoms with Gasteiger partial charge in [-0.25, -0.2) is 0 Å². The van der Waals surface area contributed by atoms with Crippen LogP contribution in [-0.2, 0) is 0 Å². The predicted octanol–water partition coefficient (Wildman–Crippen LogP) is 1.92. The number of hydrogen-bond acceptors (Lipinski definition) is 3. The zero-order chi connectivity index (χ0) is 11.9. The topological polar surface area (TPSA) is 47.3 Å². The highest BCUT2D eigenvalue weighted by molar-refractivity contribution is 5.20. The minimum Gasteiger partial charge on any atom is -0.492 e. The Balaban J connectivity index is 1.60. The van der Waals surface area contributed by atoms with Crippen molar-refractivity contribution in [3.8, 4) is 5.75 Å². The van der Waals surface area contributed by atoms with Gasteiger partial charge in [-0.2, -0.15) is 0 Å². The minimum atomic E-state index is 0.385. The van der Waals surface area contributed by atoms with E-state index in [0.717, 1.165) is 25.3 Å². The summed E-state index contributed by atoms with van der Waals surface area (Å²) in [6, 6.07) is 10.9. The molecule has 0 amide bonds. The number of hydrogen-bond donors (Lipinski definition) is 2. The molecule has 2 unspecified atom stereocenters. The second-order valence-corrected chi connectivity index (χ2v) is 4.74. The van der Waals surface area contributed by atoms with Crippen LogP contribution < -0.4 is 15.8 Å². The molecule has 2 rings (SSSR count). The lowest BCUT2D eigenvalue weighted by molar-refractivity contribution is 0.281. The maximum absolute atomic E-state index is 5.95. The van der Waals surface area contributed by atoms with Crippen molar-refractivity contribution >= 4 is 0 Å². The molecule has 1 fully saturated rings. The highest BCUT2D eigenvalue weighted by Gasteiger charge is 2.18. The summed E-state index contributed by atoms with van der Waals surface area (Å²) in [5.74, 6) is 0.939. The van der Waals surface area contributed by atoms with Crippen molar-refractivity contribution < 1.29 is 4.74 Å². The van der Waals surface area contributed by atoms with Crippen LogP contribution in [0.1, 0.15) is 25.7 Å². The van der Waals surface area contributed by atoms with Gasteiger partial charge >= 0.3 is 0 Å². The summed E-state index contributed by atoms with van der Waals surface area (Å²) in [5, 5.41) is 3.52. The van der Waals surface area contributed by atoms with Gasteiger partial charge in [0.1, 0.15) is 12.4 Å². The van der Waals surface area contributed by atoms with Crippen LogP contribution in [0.2, 0.25) is 0 Å². The van der Waals surface area contributed by atoms with E-state index in [1.165, 1.54) is 19.3 Å². The van der Waals surface area contributed by atoms with Crippen molar-refractivity contribution in [3.63, 3.8) is 0 Å². The summed E-state index contributed by atoms with van der Waals surface area (Å²) in [7, 11) is 0. The molecule has 0 heterocycles. The Labute approximate surface area is 103 Å². The highest BCUT2D eigenvalue weighted by Crippen LogP contribution is 2.16. The van der Waals surface area contributed by atoms with Crippen molar-refractivity contribution in [2.75, 3.05) is 13.2 Å². The first kappa shape index (κ1) is 12.4.